The molecule has 0 aromatic heterocycles. The lowest BCUT2D eigenvalue weighted by Gasteiger charge is -2.21. The predicted molar refractivity (Wildman–Crippen MR) is 125 cm³/mol. The number of carboxylic acid groups (broad SMARTS) is 1. The van der Waals surface area contributed by atoms with Gasteiger partial charge in [-0.2, -0.15) is 0 Å². The molecule has 0 spiro atoms. The highest BCUT2D eigenvalue weighted by molar-refractivity contribution is 5.68. The third kappa shape index (κ3) is 7.52. The number of hydrogen-bond donors (Lipinski definition) is 4. The highest BCUT2D eigenvalue weighted by atomic mass is 16.5. The van der Waals surface area contributed by atoms with E-state index in [1.54, 1.807) is 30.3 Å². The number of aromatic hydroxyl groups is 1. The Hall–Kier alpha value is -3.55. The van der Waals surface area contributed by atoms with Gasteiger partial charge >= 0.3 is 5.97 Å². The molecule has 7 nitrogen and oxygen atoms in total. The molecule has 0 fully saturated rings. The van der Waals surface area contributed by atoms with Gasteiger partial charge in [-0.05, 0) is 60.8 Å². The number of phenols is 1. The summed E-state index contributed by atoms with van der Waals surface area (Å²) in [6, 6.07) is 21.4. The fraction of sp³-hybridized carbons (Fsp3) is 0.269. The largest absolute Gasteiger partial charge is 0.508 e. The van der Waals surface area contributed by atoms with Crippen LogP contribution in [0.3, 0.4) is 0 Å². The first kappa shape index (κ1) is 24.1. The normalized spacial score (nSPS) is 12.7. The molecule has 3 aromatic rings. The molecule has 0 unspecified atom stereocenters. The molecule has 0 radical (unpaired) electrons. The van der Waals surface area contributed by atoms with Crippen LogP contribution in [0.25, 0.3) is 0 Å². The smallest absolute Gasteiger partial charge is 0.341 e. The first-order chi connectivity index (χ1) is 15.9. The minimum Gasteiger partial charge on any atom is -0.508 e. The summed E-state index contributed by atoms with van der Waals surface area (Å²) in [6.45, 7) is 2.40. The van der Waals surface area contributed by atoms with Crippen LogP contribution in [0.1, 0.15) is 29.7 Å². The van der Waals surface area contributed by atoms with E-state index >= 15 is 0 Å². The van der Waals surface area contributed by atoms with E-state index in [0.717, 1.165) is 16.7 Å². The average Bonchev–Trinajstić information content (AvgIpc) is 2.82. The maximum atomic E-state index is 10.9. The molecular formula is C26H29NO6. The van der Waals surface area contributed by atoms with Crippen molar-refractivity contribution in [2.75, 3.05) is 13.2 Å². The third-order valence-electron chi connectivity index (χ3n) is 5.18. The molecule has 3 rings (SSSR count). The van der Waals surface area contributed by atoms with E-state index in [2.05, 4.69) is 5.32 Å². The molecule has 0 saturated heterocycles. The van der Waals surface area contributed by atoms with Crippen molar-refractivity contribution in [1.29, 1.82) is 0 Å². The van der Waals surface area contributed by atoms with Crippen LogP contribution in [0, 0.1) is 0 Å². The maximum Gasteiger partial charge on any atom is 0.341 e. The monoisotopic (exact) mass is 451 g/mol. The fourth-order valence-electron chi connectivity index (χ4n) is 3.33. The van der Waals surface area contributed by atoms with Crippen LogP contribution in [-0.4, -0.2) is 40.5 Å². The molecule has 0 aliphatic heterocycles. The number of benzene rings is 3. The second kappa shape index (κ2) is 11.9. The van der Waals surface area contributed by atoms with Crippen LogP contribution in [0.4, 0.5) is 0 Å². The SMILES string of the molecule is C[C@H](NCCc1ccc(OCC(=O)O)c(OCc2ccccc2)c1)[C@H](O)c1ccc(O)cc1. The zero-order valence-corrected chi connectivity index (χ0v) is 18.5. The van der Waals surface area contributed by atoms with Gasteiger partial charge in [-0.25, -0.2) is 4.79 Å². The average molecular weight is 452 g/mol. The highest BCUT2D eigenvalue weighted by Gasteiger charge is 2.16. The van der Waals surface area contributed by atoms with Gasteiger partial charge in [-0.15, -0.1) is 0 Å². The van der Waals surface area contributed by atoms with E-state index in [-0.39, 0.29) is 11.8 Å². The van der Waals surface area contributed by atoms with E-state index in [1.807, 2.05) is 49.4 Å². The van der Waals surface area contributed by atoms with Crippen LogP contribution in [0.15, 0.2) is 72.8 Å². The number of ether oxygens (including phenoxy) is 2. The van der Waals surface area contributed by atoms with E-state index in [4.69, 9.17) is 14.6 Å². The van der Waals surface area contributed by atoms with Crippen molar-refractivity contribution < 1.29 is 29.6 Å². The van der Waals surface area contributed by atoms with E-state index in [1.165, 1.54) is 0 Å². The molecular weight excluding hydrogens is 422 g/mol. The Morgan fingerprint density at radius 2 is 1.67 bits per heavy atom. The van der Waals surface area contributed by atoms with Gasteiger partial charge in [0.1, 0.15) is 12.4 Å². The second-order valence-corrected chi connectivity index (χ2v) is 7.77. The van der Waals surface area contributed by atoms with Gasteiger partial charge in [-0.3, -0.25) is 0 Å². The Morgan fingerprint density at radius 3 is 2.36 bits per heavy atom. The summed E-state index contributed by atoms with van der Waals surface area (Å²) in [6.07, 6.45) is -0.0322. The molecule has 0 aliphatic carbocycles. The number of aliphatic hydroxyl groups is 1. The number of aliphatic carboxylic acids is 1. The first-order valence-corrected chi connectivity index (χ1v) is 10.8. The van der Waals surface area contributed by atoms with Crippen LogP contribution in [0.5, 0.6) is 17.2 Å². The maximum absolute atomic E-state index is 10.9. The molecule has 0 heterocycles. The Morgan fingerprint density at radius 1 is 0.939 bits per heavy atom. The van der Waals surface area contributed by atoms with Crippen molar-refractivity contribution in [3.05, 3.63) is 89.5 Å². The number of carbonyl (C=O) groups is 1. The topological polar surface area (TPSA) is 108 Å². The Labute approximate surface area is 193 Å². The lowest BCUT2D eigenvalue weighted by atomic mass is 10.0. The zero-order chi connectivity index (χ0) is 23.6. The number of hydrogen-bond acceptors (Lipinski definition) is 6. The van der Waals surface area contributed by atoms with E-state index < -0.39 is 18.7 Å². The van der Waals surface area contributed by atoms with Gasteiger partial charge in [-0.1, -0.05) is 48.5 Å². The number of nitrogens with one attached hydrogen (secondary N) is 1. The number of aliphatic hydroxyl groups excluding tert-OH is 1. The summed E-state index contributed by atoms with van der Waals surface area (Å²) in [5.41, 5.74) is 2.70. The molecule has 4 N–H and O–H groups in total. The van der Waals surface area contributed by atoms with Gasteiger partial charge in [0.25, 0.3) is 0 Å². The second-order valence-electron chi connectivity index (χ2n) is 7.77. The highest BCUT2D eigenvalue weighted by Crippen LogP contribution is 2.29. The minimum atomic E-state index is -1.06. The van der Waals surface area contributed by atoms with Crippen LogP contribution in [-0.2, 0) is 17.8 Å². The Balaban J connectivity index is 1.60. The van der Waals surface area contributed by atoms with Gasteiger partial charge < -0.3 is 30.1 Å². The number of phenolic OH excluding ortho intramolecular Hbond substituents is 1. The predicted octanol–water partition coefficient (Wildman–Crippen LogP) is 3.69. The number of carboxylic acids is 1. The fourth-order valence-corrected chi connectivity index (χ4v) is 3.33. The van der Waals surface area contributed by atoms with Gasteiger partial charge in [0.15, 0.2) is 18.1 Å². The summed E-state index contributed by atoms with van der Waals surface area (Å²) in [4.78, 5) is 10.9. The number of rotatable bonds is 12. The molecule has 7 heteroatoms. The van der Waals surface area contributed by atoms with Crippen molar-refractivity contribution in [3.8, 4) is 17.2 Å². The van der Waals surface area contributed by atoms with Crippen LogP contribution >= 0.6 is 0 Å². The first-order valence-electron chi connectivity index (χ1n) is 10.8. The van der Waals surface area contributed by atoms with Crippen molar-refractivity contribution in [2.45, 2.75) is 32.1 Å². The minimum absolute atomic E-state index is 0.160. The molecule has 2 atom stereocenters. The van der Waals surface area contributed by atoms with Gasteiger partial charge in [0.05, 0.1) is 6.10 Å². The summed E-state index contributed by atoms with van der Waals surface area (Å²) < 4.78 is 11.3. The quantitative estimate of drug-likeness (QED) is 0.333. The lowest BCUT2D eigenvalue weighted by Crippen LogP contribution is -2.33. The Kier molecular flexibility index (Phi) is 8.69. The van der Waals surface area contributed by atoms with Crippen LogP contribution in [0.2, 0.25) is 0 Å². The lowest BCUT2D eigenvalue weighted by molar-refractivity contribution is -0.139. The molecule has 0 amide bonds. The zero-order valence-electron chi connectivity index (χ0n) is 18.5. The van der Waals surface area contributed by atoms with Crippen molar-refractivity contribution in [2.24, 2.45) is 0 Å². The summed E-state index contributed by atoms with van der Waals surface area (Å²) in [7, 11) is 0. The van der Waals surface area contributed by atoms with E-state index in [9.17, 15) is 15.0 Å². The summed E-state index contributed by atoms with van der Waals surface area (Å²) in [5, 5.41) is 32.2. The molecule has 3 aromatic carbocycles. The van der Waals surface area contributed by atoms with Crippen molar-refractivity contribution in [1.82, 2.24) is 5.32 Å². The standard InChI is InChI=1S/C26H29NO6/c1-18(26(31)21-8-10-22(28)11-9-21)27-14-13-19-7-12-23(33-17-25(29)30)24(15-19)32-16-20-5-3-2-4-6-20/h2-12,15,18,26-28,31H,13-14,16-17H2,1H3,(H,29,30)/t18-,26-/m0/s1. The Bertz CT molecular complexity index is 1020. The van der Waals surface area contributed by atoms with Crippen LogP contribution < -0.4 is 14.8 Å². The summed E-state index contributed by atoms with van der Waals surface area (Å²) in [5.74, 6) is -0.0398. The molecule has 174 valence electrons. The third-order valence-corrected chi connectivity index (χ3v) is 5.18. The van der Waals surface area contributed by atoms with Crippen molar-refractivity contribution in [3.63, 3.8) is 0 Å². The van der Waals surface area contributed by atoms with Gasteiger partial charge in [0, 0.05) is 6.04 Å². The molecule has 0 aliphatic rings. The molecule has 0 bridgehead atoms. The molecule has 0 saturated carbocycles. The van der Waals surface area contributed by atoms with Crippen molar-refractivity contribution >= 4 is 5.97 Å². The van der Waals surface area contributed by atoms with E-state index in [0.29, 0.717) is 31.1 Å². The van der Waals surface area contributed by atoms with Gasteiger partial charge in [0.2, 0.25) is 0 Å². The molecule has 33 heavy (non-hydrogen) atoms. The summed E-state index contributed by atoms with van der Waals surface area (Å²) >= 11 is 0.